The van der Waals surface area contributed by atoms with E-state index in [4.69, 9.17) is 21.5 Å². The monoisotopic (exact) mass is 299 g/mol. The van der Waals surface area contributed by atoms with Crippen LogP contribution in [0.4, 0.5) is 18.9 Å². The minimum absolute atomic E-state index is 0.657. The number of hydrogen-bond donors (Lipinski definition) is 4. The van der Waals surface area contributed by atoms with Crippen LogP contribution in [0.25, 0.3) is 0 Å². The van der Waals surface area contributed by atoms with E-state index in [0.29, 0.717) is 6.07 Å². The number of para-hydroxylation sites is 1. The molecule has 1 aromatic carbocycles. The van der Waals surface area contributed by atoms with Gasteiger partial charge in [-0.15, -0.1) is 0 Å². The number of benzene rings is 1. The standard InChI is InChI=1S/C11H8F3N5O2/c12-11(13,14)6-3-1-2-5(10(20)21)8(6)19-18-7(4-15)9(16)17/h1-3,19H,(H3,16,17)(H,20,21)/b18-7+. The maximum Gasteiger partial charge on any atom is 0.418 e. The van der Waals surface area contributed by atoms with Crippen molar-refractivity contribution in [3.63, 3.8) is 0 Å². The summed E-state index contributed by atoms with van der Waals surface area (Å²) in [5, 5.41) is 27.7. The van der Waals surface area contributed by atoms with E-state index in [2.05, 4.69) is 5.10 Å². The van der Waals surface area contributed by atoms with Gasteiger partial charge in [0.25, 0.3) is 0 Å². The molecule has 0 amide bonds. The number of nitrogens with one attached hydrogen (secondary N) is 2. The van der Waals surface area contributed by atoms with E-state index in [1.165, 1.54) is 6.07 Å². The molecule has 0 aliphatic heterocycles. The SMILES string of the molecule is N#C/C(=N\Nc1c(C(=O)O)cccc1C(F)(F)F)C(=N)N. The minimum atomic E-state index is -4.83. The zero-order valence-corrected chi connectivity index (χ0v) is 10.2. The molecule has 0 fully saturated rings. The highest BCUT2D eigenvalue weighted by atomic mass is 19.4. The highest BCUT2D eigenvalue weighted by Gasteiger charge is 2.35. The maximum atomic E-state index is 12.8. The van der Waals surface area contributed by atoms with Crippen LogP contribution in [0.5, 0.6) is 0 Å². The average Bonchev–Trinajstić information content (AvgIpc) is 2.37. The fourth-order valence-corrected chi connectivity index (χ4v) is 1.34. The minimum Gasteiger partial charge on any atom is -0.478 e. The van der Waals surface area contributed by atoms with Gasteiger partial charge in [-0.3, -0.25) is 10.8 Å². The van der Waals surface area contributed by atoms with Crippen molar-refractivity contribution < 1.29 is 23.1 Å². The Morgan fingerprint density at radius 1 is 1.48 bits per heavy atom. The van der Waals surface area contributed by atoms with Crippen LogP contribution in [0.1, 0.15) is 15.9 Å². The molecule has 0 aliphatic carbocycles. The largest absolute Gasteiger partial charge is 0.478 e. The predicted molar refractivity (Wildman–Crippen MR) is 67.0 cm³/mol. The van der Waals surface area contributed by atoms with Gasteiger partial charge in [-0.1, -0.05) is 6.07 Å². The van der Waals surface area contributed by atoms with Crippen LogP contribution in [-0.4, -0.2) is 22.6 Å². The van der Waals surface area contributed by atoms with Crippen LogP contribution < -0.4 is 11.2 Å². The smallest absolute Gasteiger partial charge is 0.418 e. The molecule has 0 radical (unpaired) electrons. The van der Waals surface area contributed by atoms with E-state index in [-0.39, 0.29) is 0 Å². The lowest BCUT2D eigenvalue weighted by Gasteiger charge is -2.14. The van der Waals surface area contributed by atoms with E-state index < -0.39 is 40.5 Å². The van der Waals surface area contributed by atoms with E-state index in [0.717, 1.165) is 12.1 Å². The van der Waals surface area contributed by atoms with Gasteiger partial charge in [0.15, 0.2) is 5.84 Å². The average molecular weight is 299 g/mol. The second-order valence-corrected chi connectivity index (χ2v) is 3.63. The zero-order valence-electron chi connectivity index (χ0n) is 10.2. The van der Waals surface area contributed by atoms with Crippen molar-refractivity contribution in [2.24, 2.45) is 10.8 Å². The van der Waals surface area contributed by atoms with Crippen LogP contribution in [0, 0.1) is 16.7 Å². The highest BCUT2D eigenvalue weighted by Crippen LogP contribution is 2.36. The van der Waals surface area contributed by atoms with Crippen molar-refractivity contribution in [3.8, 4) is 6.07 Å². The Kier molecular flexibility index (Phi) is 4.49. The summed E-state index contributed by atoms with van der Waals surface area (Å²) in [6, 6.07) is 3.91. The number of rotatable bonds is 4. The molecule has 0 bridgehead atoms. The van der Waals surface area contributed by atoms with Crippen molar-refractivity contribution in [3.05, 3.63) is 29.3 Å². The molecular weight excluding hydrogens is 291 g/mol. The van der Waals surface area contributed by atoms with Gasteiger partial charge in [0, 0.05) is 0 Å². The molecule has 21 heavy (non-hydrogen) atoms. The van der Waals surface area contributed by atoms with Crippen LogP contribution in [0.15, 0.2) is 23.3 Å². The van der Waals surface area contributed by atoms with Gasteiger partial charge in [0.1, 0.15) is 6.07 Å². The number of hydrogen-bond acceptors (Lipinski definition) is 5. The number of amidine groups is 1. The molecule has 110 valence electrons. The number of aromatic carboxylic acids is 1. The molecule has 0 aromatic heterocycles. The number of nitrogens with two attached hydrogens (primary N) is 1. The summed E-state index contributed by atoms with van der Waals surface area (Å²) in [7, 11) is 0. The van der Waals surface area contributed by atoms with Crippen molar-refractivity contribution in [1.82, 2.24) is 0 Å². The fourth-order valence-electron chi connectivity index (χ4n) is 1.34. The molecule has 1 aromatic rings. The number of carboxylic acid groups (broad SMARTS) is 1. The lowest BCUT2D eigenvalue weighted by Crippen LogP contribution is -2.22. The molecule has 0 saturated heterocycles. The quantitative estimate of drug-likeness (QED) is 0.380. The van der Waals surface area contributed by atoms with Crippen molar-refractivity contribution in [1.29, 1.82) is 10.7 Å². The molecule has 1 rings (SSSR count). The Bertz CT molecular complexity index is 661. The van der Waals surface area contributed by atoms with Gasteiger partial charge in [-0.25, -0.2) is 4.79 Å². The van der Waals surface area contributed by atoms with Crippen molar-refractivity contribution in [2.75, 3.05) is 5.43 Å². The summed E-state index contributed by atoms with van der Waals surface area (Å²) >= 11 is 0. The van der Waals surface area contributed by atoms with E-state index in [1.807, 2.05) is 5.43 Å². The second-order valence-electron chi connectivity index (χ2n) is 3.63. The van der Waals surface area contributed by atoms with E-state index in [1.54, 1.807) is 0 Å². The van der Waals surface area contributed by atoms with E-state index in [9.17, 15) is 18.0 Å². The number of carboxylic acids is 1. The lowest BCUT2D eigenvalue weighted by atomic mass is 10.1. The number of alkyl halides is 3. The number of hydrazone groups is 1. The summed E-state index contributed by atoms with van der Waals surface area (Å²) < 4.78 is 38.5. The first-order valence-corrected chi connectivity index (χ1v) is 5.20. The predicted octanol–water partition coefficient (Wildman–Crippen LogP) is 1.63. The first kappa shape index (κ1) is 16.0. The van der Waals surface area contributed by atoms with Crippen molar-refractivity contribution >= 4 is 23.2 Å². The second kappa shape index (κ2) is 5.91. The van der Waals surface area contributed by atoms with Gasteiger partial charge in [-0.05, 0) is 12.1 Å². The molecule has 0 heterocycles. The molecule has 5 N–H and O–H groups in total. The summed E-state index contributed by atoms with van der Waals surface area (Å²) in [6.45, 7) is 0. The Morgan fingerprint density at radius 2 is 2.10 bits per heavy atom. The maximum absolute atomic E-state index is 12.8. The molecule has 10 heteroatoms. The van der Waals surface area contributed by atoms with Crippen LogP contribution in [0.2, 0.25) is 0 Å². The van der Waals surface area contributed by atoms with Gasteiger partial charge < -0.3 is 10.8 Å². The molecule has 0 atom stereocenters. The summed E-state index contributed by atoms with van der Waals surface area (Å²) in [4.78, 5) is 11.0. The lowest BCUT2D eigenvalue weighted by molar-refractivity contribution is -0.137. The Hall–Kier alpha value is -3.09. The third-order valence-corrected chi connectivity index (χ3v) is 2.24. The summed E-state index contributed by atoms with van der Waals surface area (Å²) in [6.07, 6.45) is -4.83. The summed E-state index contributed by atoms with van der Waals surface area (Å²) in [5.74, 6) is -2.38. The number of halogens is 3. The number of anilines is 1. The van der Waals surface area contributed by atoms with Crippen LogP contribution in [0.3, 0.4) is 0 Å². The third kappa shape index (κ3) is 3.69. The first-order valence-electron chi connectivity index (χ1n) is 5.20. The molecule has 0 unspecified atom stereocenters. The number of carbonyl (C=O) groups is 1. The van der Waals surface area contributed by atoms with Gasteiger partial charge in [0.2, 0.25) is 5.71 Å². The van der Waals surface area contributed by atoms with Gasteiger partial charge in [-0.2, -0.15) is 23.5 Å². The Labute approximate surface area is 116 Å². The number of nitrogens with zero attached hydrogens (tertiary/aromatic N) is 2. The molecule has 0 spiro atoms. The Balaban J connectivity index is 3.42. The molecule has 7 nitrogen and oxygen atoms in total. The fraction of sp³-hybridized carbons (Fsp3) is 0.0909. The topological polar surface area (TPSA) is 135 Å². The molecule has 0 saturated carbocycles. The number of nitriles is 1. The van der Waals surface area contributed by atoms with Gasteiger partial charge in [0.05, 0.1) is 16.8 Å². The van der Waals surface area contributed by atoms with Crippen molar-refractivity contribution in [2.45, 2.75) is 6.18 Å². The first-order chi connectivity index (χ1) is 9.68. The molecule has 0 aliphatic rings. The Morgan fingerprint density at radius 3 is 2.52 bits per heavy atom. The highest BCUT2D eigenvalue weighted by molar-refractivity contribution is 6.45. The van der Waals surface area contributed by atoms with Crippen LogP contribution in [-0.2, 0) is 6.18 Å². The van der Waals surface area contributed by atoms with Crippen LogP contribution >= 0.6 is 0 Å². The molecular formula is C11H8F3N5O2. The van der Waals surface area contributed by atoms with E-state index >= 15 is 0 Å². The third-order valence-electron chi connectivity index (χ3n) is 2.24. The summed E-state index contributed by atoms with van der Waals surface area (Å²) in [5.41, 5.74) is 3.35. The zero-order chi connectivity index (χ0) is 16.2. The van der Waals surface area contributed by atoms with Gasteiger partial charge >= 0.3 is 12.1 Å². The normalized spacial score (nSPS) is 11.6.